The Morgan fingerprint density at radius 1 is 1.40 bits per heavy atom. The fourth-order valence-electron chi connectivity index (χ4n) is 2.45. The fourth-order valence-corrected chi connectivity index (χ4v) is 2.45. The third-order valence-corrected chi connectivity index (χ3v) is 3.57. The van der Waals surface area contributed by atoms with Gasteiger partial charge in [-0.05, 0) is 31.9 Å². The molecule has 110 valence electrons. The van der Waals surface area contributed by atoms with Crippen LogP contribution in [0.2, 0.25) is 0 Å². The lowest BCUT2D eigenvalue weighted by Crippen LogP contribution is -2.37. The minimum atomic E-state index is -0.131. The monoisotopic (exact) mass is 277 g/mol. The number of nitrogens with one attached hydrogen (secondary N) is 3. The molecule has 3 N–H and O–H groups in total. The average molecular weight is 277 g/mol. The molecule has 1 aromatic rings. The smallest absolute Gasteiger partial charge is 0.315 e. The fraction of sp³-hybridized carbons (Fsp3) is 0.533. The van der Waals surface area contributed by atoms with Crippen molar-refractivity contribution >= 4 is 6.03 Å². The van der Waals surface area contributed by atoms with E-state index in [9.17, 15) is 4.79 Å². The van der Waals surface area contributed by atoms with Crippen molar-refractivity contribution in [1.29, 1.82) is 0 Å². The molecule has 0 spiro atoms. The van der Waals surface area contributed by atoms with Gasteiger partial charge in [-0.15, -0.1) is 0 Å². The lowest BCUT2D eigenvalue weighted by molar-refractivity contribution is 0.240. The molecule has 0 bridgehead atoms. The minimum Gasteiger partial charge on any atom is -0.496 e. The summed E-state index contributed by atoms with van der Waals surface area (Å²) >= 11 is 0. The van der Waals surface area contributed by atoms with E-state index in [0.29, 0.717) is 19.1 Å². The van der Waals surface area contributed by atoms with Crippen LogP contribution in [0.3, 0.4) is 0 Å². The predicted octanol–water partition coefficient (Wildman–Crippen LogP) is 1.64. The topological polar surface area (TPSA) is 62.4 Å². The van der Waals surface area contributed by atoms with Crippen LogP contribution in [-0.2, 0) is 6.54 Å². The van der Waals surface area contributed by atoms with E-state index in [2.05, 4.69) is 16.0 Å². The third kappa shape index (κ3) is 4.42. The first-order valence-electron chi connectivity index (χ1n) is 7.16. The van der Waals surface area contributed by atoms with E-state index in [4.69, 9.17) is 4.74 Å². The van der Waals surface area contributed by atoms with Crippen molar-refractivity contribution in [3.63, 3.8) is 0 Å². The number of para-hydroxylation sites is 1. The van der Waals surface area contributed by atoms with Crippen LogP contribution in [0.25, 0.3) is 0 Å². The van der Waals surface area contributed by atoms with Gasteiger partial charge >= 0.3 is 6.03 Å². The summed E-state index contributed by atoms with van der Waals surface area (Å²) in [5, 5.41) is 9.15. The van der Waals surface area contributed by atoms with Crippen LogP contribution in [0.1, 0.15) is 24.8 Å². The summed E-state index contributed by atoms with van der Waals surface area (Å²) in [7, 11) is 1.63. The summed E-state index contributed by atoms with van der Waals surface area (Å²) in [6.07, 6.45) is 3.44. The summed E-state index contributed by atoms with van der Waals surface area (Å²) in [4.78, 5) is 11.7. The molecular formula is C15H23N3O2. The molecule has 1 atom stereocenters. The van der Waals surface area contributed by atoms with Crippen molar-refractivity contribution in [1.82, 2.24) is 16.0 Å². The number of rotatable bonds is 6. The Bertz CT molecular complexity index is 431. The second-order valence-electron chi connectivity index (χ2n) is 5.00. The highest BCUT2D eigenvalue weighted by Gasteiger charge is 2.13. The Balaban J connectivity index is 1.66. The molecule has 20 heavy (non-hydrogen) atoms. The van der Waals surface area contributed by atoms with E-state index in [-0.39, 0.29) is 6.03 Å². The molecule has 2 rings (SSSR count). The SMILES string of the molecule is COc1ccccc1CNC(=O)NCC[C@@H]1CCCN1. The lowest BCUT2D eigenvalue weighted by Gasteiger charge is -2.12. The van der Waals surface area contributed by atoms with Gasteiger partial charge in [-0.3, -0.25) is 0 Å². The Labute approximate surface area is 120 Å². The molecular weight excluding hydrogens is 254 g/mol. The maximum absolute atomic E-state index is 11.7. The molecule has 5 heteroatoms. The van der Waals surface area contributed by atoms with E-state index in [0.717, 1.165) is 24.3 Å². The predicted molar refractivity (Wildman–Crippen MR) is 78.9 cm³/mol. The molecule has 0 aromatic heterocycles. The number of ether oxygens (including phenoxy) is 1. The highest BCUT2D eigenvalue weighted by molar-refractivity contribution is 5.73. The number of hydrogen-bond donors (Lipinski definition) is 3. The quantitative estimate of drug-likeness (QED) is 0.740. The Hall–Kier alpha value is -1.75. The van der Waals surface area contributed by atoms with Gasteiger partial charge in [0.15, 0.2) is 0 Å². The molecule has 1 aromatic carbocycles. The van der Waals surface area contributed by atoms with Crippen LogP contribution in [0.4, 0.5) is 4.79 Å². The zero-order valence-corrected chi connectivity index (χ0v) is 11.9. The highest BCUT2D eigenvalue weighted by atomic mass is 16.5. The van der Waals surface area contributed by atoms with Crippen molar-refractivity contribution in [2.24, 2.45) is 0 Å². The second kappa shape index (κ2) is 7.75. The maximum atomic E-state index is 11.7. The Morgan fingerprint density at radius 2 is 2.25 bits per heavy atom. The number of carbonyl (C=O) groups is 1. The van der Waals surface area contributed by atoms with Crippen molar-refractivity contribution < 1.29 is 9.53 Å². The van der Waals surface area contributed by atoms with Crippen molar-refractivity contribution in [2.75, 3.05) is 20.2 Å². The van der Waals surface area contributed by atoms with Gasteiger partial charge in [0.2, 0.25) is 0 Å². The third-order valence-electron chi connectivity index (χ3n) is 3.57. The minimum absolute atomic E-state index is 0.131. The molecule has 0 aliphatic carbocycles. The average Bonchev–Trinajstić information content (AvgIpc) is 2.98. The van der Waals surface area contributed by atoms with E-state index in [1.807, 2.05) is 24.3 Å². The molecule has 0 unspecified atom stereocenters. The standard InChI is InChI=1S/C15H23N3O2/c1-20-14-7-3-2-5-12(14)11-18-15(19)17-10-8-13-6-4-9-16-13/h2-3,5,7,13,16H,4,6,8-11H2,1H3,(H2,17,18,19)/t13-/m0/s1. The highest BCUT2D eigenvalue weighted by Crippen LogP contribution is 2.16. The second-order valence-corrected chi connectivity index (χ2v) is 5.00. The van der Waals surface area contributed by atoms with Crippen molar-refractivity contribution in [3.8, 4) is 5.75 Å². The summed E-state index contributed by atoms with van der Waals surface area (Å²) in [5.74, 6) is 0.794. The molecule has 0 saturated carbocycles. The molecule has 5 nitrogen and oxygen atoms in total. The van der Waals surface area contributed by atoms with Crippen LogP contribution >= 0.6 is 0 Å². The van der Waals surface area contributed by atoms with Gasteiger partial charge < -0.3 is 20.7 Å². The van der Waals surface area contributed by atoms with E-state index in [1.165, 1.54) is 12.8 Å². The van der Waals surface area contributed by atoms with Gasteiger partial charge in [-0.2, -0.15) is 0 Å². The van der Waals surface area contributed by atoms with Gasteiger partial charge in [0.05, 0.1) is 7.11 Å². The summed E-state index contributed by atoms with van der Waals surface area (Å²) < 4.78 is 5.25. The number of urea groups is 1. The van der Waals surface area contributed by atoms with Crippen LogP contribution < -0.4 is 20.7 Å². The molecule has 2 amide bonds. The molecule has 1 saturated heterocycles. The lowest BCUT2D eigenvalue weighted by atomic mass is 10.1. The first-order valence-corrected chi connectivity index (χ1v) is 7.16. The van der Waals surface area contributed by atoms with Gasteiger partial charge in [-0.1, -0.05) is 18.2 Å². The molecule has 1 aliphatic rings. The first kappa shape index (κ1) is 14.7. The zero-order chi connectivity index (χ0) is 14.2. The van der Waals surface area contributed by atoms with Crippen LogP contribution in [0.5, 0.6) is 5.75 Å². The summed E-state index contributed by atoms with van der Waals surface area (Å²) in [5.41, 5.74) is 0.975. The van der Waals surface area contributed by atoms with Crippen LogP contribution in [-0.4, -0.2) is 32.3 Å². The van der Waals surface area contributed by atoms with Crippen molar-refractivity contribution in [2.45, 2.75) is 31.8 Å². The van der Waals surface area contributed by atoms with E-state index in [1.54, 1.807) is 7.11 Å². The van der Waals surface area contributed by atoms with Crippen LogP contribution in [0.15, 0.2) is 24.3 Å². The molecule has 1 heterocycles. The van der Waals surface area contributed by atoms with Gasteiger partial charge in [-0.25, -0.2) is 4.79 Å². The van der Waals surface area contributed by atoms with Crippen molar-refractivity contribution in [3.05, 3.63) is 29.8 Å². The summed E-state index contributed by atoms with van der Waals surface area (Å²) in [6.45, 7) is 2.28. The number of methoxy groups -OCH3 is 1. The molecule has 0 radical (unpaired) electrons. The number of benzene rings is 1. The van der Waals surface area contributed by atoms with Gasteiger partial charge in [0.1, 0.15) is 5.75 Å². The largest absolute Gasteiger partial charge is 0.496 e. The summed E-state index contributed by atoms with van der Waals surface area (Å²) in [6, 6.07) is 8.11. The van der Waals surface area contributed by atoms with E-state index >= 15 is 0 Å². The first-order chi connectivity index (χ1) is 9.79. The normalized spacial score (nSPS) is 17.8. The molecule has 1 fully saturated rings. The molecule has 1 aliphatic heterocycles. The number of hydrogen-bond acceptors (Lipinski definition) is 3. The zero-order valence-electron chi connectivity index (χ0n) is 11.9. The maximum Gasteiger partial charge on any atom is 0.315 e. The van der Waals surface area contributed by atoms with Gasteiger partial charge in [0, 0.05) is 24.7 Å². The van der Waals surface area contributed by atoms with Gasteiger partial charge in [0.25, 0.3) is 0 Å². The Morgan fingerprint density at radius 3 is 3.00 bits per heavy atom. The number of carbonyl (C=O) groups excluding carboxylic acids is 1. The van der Waals surface area contributed by atoms with Crippen LogP contribution in [0, 0.1) is 0 Å². The van der Waals surface area contributed by atoms with E-state index < -0.39 is 0 Å². The number of amides is 2. The Kier molecular flexibility index (Phi) is 5.68.